The first-order chi connectivity index (χ1) is 9.08. The molecule has 0 aliphatic carbocycles. The minimum Gasteiger partial charge on any atom is -0.336 e. The van der Waals surface area contributed by atoms with Crippen molar-refractivity contribution in [3.05, 3.63) is 54.1 Å². The number of carbonyl (C=O) groups excluding carboxylic acids is 1. The molecule has 0 radical (unpaired) electrons. The highest BCUT2D eigenvalue weighted by Crippen LogP contribution is 2.15. The molecule has 2 heteroatoms. The van der Waals surface area contributed by atoms with E-state index < -0.39 is 0 Å². The lowest BCUT2D eigenvalue weighted by Gasteiger charge is -2.16. The summed E-state index contributed by atoms with van der Waals surface area (Å²) in [6.45, 7) is 11.2. The van der Waals surface area contributed by atoms with Crippen LogP contribution < -0.4 is 0 Å². The fourth-order valence-electron chi connectivity index (χ4n) is 1.80. The van der Waals surface area contributed by atoms with Gasteiger partial charge in [-0.1, -0.05) is 44.2 Å². The third-order valence-electron chi connectivity index (χ3n) is 3.06. The van der Waals surface area contributed by atoms with Gasteiger partial charge in [-0.15, -0.1) is 6.58 Å². The summed E-state index contributed by atoms with van der Waals surface area (Å²) in [4.78, 5) is 13.6. The number of likely N-dealkylation sites (N-methyl/N-ethyl adjacent to an activating group) is 1. The van der Waals surface area contributed by atoms with E-state index >= 15 is 0 Å². The Morgan fingerprint density at radius 3 is 2.42 bits per heavy atom. The summed E-state index contributed by atoms with van der Waals surface area (Å²) in [7, 11) is 0. The number of benzene rings is 1. The molecule has 0 atom stereocenters. The van der Waals surface area contributed by atoms with Gasteiger partial charge in [0, 0.05) is 19.2 Å². The van der Waals surface area contributed by atoms with Crippen LogP contribution in [0.25, 0.3) is 6.08 Å². The largest absolute Gasteiger partial charge is 0.336 e. The standard InChI is InChI=1S/C17H23NO/c1-5-13-18(6-2)17(19)12-9-15-7-10-16(11-8-15)14(3)4/h5,7-12,14H,1,6,13H2,2-4H3/b12-9+. The van der Waals surface area contributed by atoms with Crippen molar-refractivity contribution in [3.63, 3.8) is 0 Å². The number of carbonyl (C=O) groups is 1. The van der Waals surface area contributed by atoms with E-state index in [1.807, 2.05) is 25.1 Å². The van der Waals surface area contributed by atoms with E-state index in [2.05, 4.69) is 32.6 Å². The van der Waals surface area contributed by atoms with Crippen molar-refractivity contribution >= 4 is 12.0 Å². The Morgan fingerprint density at radius 2 is 1.95 bits per heavy atom. The molecule has 0 fully saturated rings. The maximum atomic E-state index is 11.9. The molecule has 0 heterocycles. The Hall–Kier alpha value is -1.83. The quantitative estimate of drug-likeness (QED) is 0.560. The summed E-state index contributed by atoms with van der Waals surface area (Å²) in [5.74, 6) is 0.554. The number of hydrogen-bond donors (Lipinski definition) is 0. The monoisotopic (exact) mass is 257 g/mol. The maximum absolute atomic E-state index is 11.9. The molecule has 1 aromatic carbocycles. The van der Waals surface area contributed by atoms with Gasteiger partial charge in [0.05, 0.1) is 0 Å². The Kier molecular flexibility index (Phi) is 6.07. The molecule has 0 saturated carbocycles. The summed E-state index contributed by atoms with van der Waals surface area (Å²) >= 11 is 0. The molecule has 1 aromatic rings. The second kappa shape index (κ2) is 7.57. The molecule has 19 heavy (non-hydrogen) atoms. The summed E-state index contributed by atoms with van der Waals surface area (Å²) in [6.07, 6.45) is 5.22. The van der Waals surface area contributed by atoms with Crippen molar-refractivity contribution in [1.29, 1.82) is 0 Å². The molecule has 0 aliphatic heterocycles. The van der Waals surface area contributed by atoms with Gasteiger partial charge in [-0.3, -0.25) is 4.79 Å². The maximum Gasteiger partial charge on any atom is 0.246 e. The summed E-state index contributed by atoms with van der Waals surface area (Å²) in [5.41, 5.74) is 2.36. The van der Waals surface area contributed by atoms with Crippen LogP contribution in [0, 0.1) is 0 Å². The van der Waals surface area contributed by atoms with Crippen LogP contribution in [0.4, 0.5) is 0 Å². The Balaban J connectivity index is 2.70. The SMILES string of the molecule is C=CCN(CC)C(=O)/C=C/c1ccc(C(C)C)cc1. The van der Waals surface area contributed by atoms with E-state index in [1.165, 1.54) is 5.56 Å². The van der Waals surface area contributed by atoms with Crippen molar-refractivity contribution in [2.75, 3.05) is 13.1 Å². The zero-order valence-corrected chi connectivity index (χ0v) is 12.1. The van der Waals surface area contributed by atoms with E-state index in [0.29, 0.717) is 19.0 Å². The molecular weight excluding hydrogens is 234 g/mol. The molecule has 0 aromatic heterocycles. The molecule has 1 rings (SSSR count). The third kappa shape index (κ3) is 4.74. The van der Waals surface area contributed by atoms with E-state index in [-0.39, 0.29) is 5.91 Å². The second-order valence-electron chi connectivity index (χ2n) is 4.82. The van der Waals surface area contributed by atoms with Crippen LogP contribution in [0.2, 0.25) is 0 Å². The van der Waals surface area contributed by atoms with Crippen LogP contribution in [0.5, 0.6) is 0 Å². The average Bonchev–Trinajstić information content (AvgIpc) is 2.42. The van der Waals surface area contributed by atoms with E-state index in [4.69, 9.17) is 0 Å². The Morgan fingerprint density at radius 1 is 1.32 bits per heavy atom. The minimum absolute atomic E-state index is 0.0235. The van der Waals surface area contributed by atoms with E-state index in [0.717, 1.165) is 5.56 Å². The van der Waals surface area contributed by atoms with Gasteiger partial charge in [-0.25, -0.2) is 0 Å². The molecular formula is C17H23NO. The van der Waals surface area contributed by atoms with Crippen molar-refractivity contribution in [2.45, 2.75) is 26.7 Å². The van der Waals surface area contributed by atoms with E-state index in [1.54, 1.807) is 17.1 Å². The van der Waals surface area contributed by atoms with Gasteiger partial charge in [-0.05, 0) is 30.0 Å². The lowest BCUT2D eigenvalue weighted by Crippen LogP contribution is -2.29. The van der Waals surface area contributed by atoms with Crippen LogP contribution >= 0.6 is 0 Å². The zero-order chi connectivity index (χ0) is 14.3. The predicted octanol–water partition coefficient (Wildman–Crippen LogP) is 3.86. The van der Waals surface area contributed by atoms with Crippen LogP contribution in [0.15, 0.2) is 43.0 Å². The van der Waals surface area contributed by atoms with Gasteiger partial charge >= 0.3 is 0 Å². The normalized spacial score (nSPS) is 10.9. The van der Waals surface area contributed by atoms with Crippen LogP contribution in [-0.2, 0) is 4.79 Å². The molecule has 2 nitrogen and oxygen atoms in total. The zero-order valence-electron chi connectivity index (χ0n) is 12.1. The molecule has 1 amide bonds. The molecule has 0 aliphatic rings. The average molecular weight is 257 g/mol. The van der Waals surface area contributed by atoms with Gasteiger partial charge in [0.15, 0.2) is 0 Å². The third-order valence-corrected chi connectivity index (χ3v) is 3.06. The number of rotatable bonds is 6. The number of nitrogens with zero attached hydrogens (tertiary/aromatic N) is 1. The molecule has 102 valence electrons. The fourth-order valence-corrected chi connectivity index (χ4v) is 1.80. The van der Waals surface area contributed by atoms with Crippen molar-refractivity contribution in [3.8, 4) is 0 Å². The first-order valence-corrected chi connectivity index (χ1v) is 6.76. The Labute approximate surface area is 116 Å². The van der Waals surface area contributed by atoms with Gasteiger partial charge in [0.2, 0.25) is 5.91 Å². The summed E-state index contributed by atoms with van der Waals surface area (Å²) in [6, 6.07) is 8.30. The van der Waals surface area contributed by atoms with Gasteiger partial charge in [0.25, 0.3) is 0 Å². The summed E-state index contributed by atoms with van der Waals surface area (Å²) in [5, 5.41) is 0. The van der Waals surface area contributed by atoms with Gasteiger partial charge in [-0.2, -0.15) is 0 Å². The second-order valence-corrected chi connectivity index (χ2v) is 4.82. The molecule has 0 N–H and O–H groups in total. The molecule has 0 spiro atoms. The van der Waals surface area contributed by atoms with Crippen LogP contribution in [0.1, 0.15) is 37.8 Å². The minimum atomic E-state index is 0.0235. The lowest BCUT2D eigenvalue weighted by molar-refractivity contribution is -0.125. The fraction of sp³-hybridized carbons (Fsp3) is 0.353. The summed E-state index contributed by atoms with van der Waals surface area (Å²) < 4.78 is 0. The van der Waals surface area contributed by atoms with Crippen LogP contribution in [0.3, 0.4) is 0 Å². The smallest absolute Gasteiger partial charge is 0.246 e. The highest BCUT2D eigenvalue weighted by Gasteiger charge is 2.05. The first kappa shape index (κ1) is 15.2. The molecule has 0 bridgehead atoms. The van der Waals surface area contributed by atoms with E-state index in [9.17, 15) is 4.79 Å². The Bertz CT molecular complexity index is 443. The highest BCUT2D eigenvalue weighted by atomic mass is 16.2. The van der Waals surface area contributed by atoms with Crippen molar-refractivity contribution < 1.29 is 4.79 Å². The molecule has 0 unspecified atom stereocenters. The topological polar surface area (TPSA) is 20.3 Å². The first-order valence-electron chi connectivity index (χ1n) is 6.76. The van der Waals surface area contributed by atoms with Crippen molar-refractivity contribution in [2.24, 2.45) is 0 Å². The lowest BCUT2D eigenvalue weighted by atomic mass is 10.0. The van der Waals surface area contributed by atoms with Crippen LogP contribution in [-0.4, -0.2) is 23.9 Å². The predicted molar refractivity (Wildman–Crippen MR) is 82.0 cm³/mol. The number of hydrogen-bond acceptors (Lipinski definition) is 1. The van der Waals surface area contributed by atoms with Gasteiger partial charge < -0.3 is 4.90 Å². The van der Waals surface area contributed by atoms with Crippen molar-refractivity contribution in [1.82, 2.24) is 4.90 Å². The molecule has 0 saturated heterocycles. The highest BCUT2D eigenvalue weighted by molar-refractivity contribution is 5.91. The van der Waals surface area contributed by atoms with Gasteiger partial charge in [0.1, 0.15) is 0 Å². The number of amides is 1.